The van der Waals surface area contributed by atoms with Crippen molar-refractivity contribution in [1.82, 2.24) is 10.2 Å². The molecule has 6 nitrogen and oxygen atoms in total. The lowest BCUT2D eigenvalue weighted by molar-refractivity contribution is -0.386. The minimum Gasteiger partial charge on any atom is -0.496 e. The first-order chi connectivity index (χ1) is 11.1. The summed E-state index contributed by atoms with van der Waals surface area (Å²) in [6, 6.07) is 3.46. The van der Waals surface area contributed by atoms with Gasteiger partial charge in [0.2, 0.25) is 0 Å². The fraction of sp³-hybridized carbons (Fsp3) is 0.625. The van der Waals surface area contributed by atoms with E-state index in [4.69, 9.17) is 4.74 Å². The average molecular weight is 384 g/mol. The standard InChI is InChI=1S/C16H22BrN3O3/c1-23-15-10-12(14(20(21)22)11-13(15)17)16(4-2-3-5-16)19-8-6-18-7-9-19/h10-11,18H,2-9H2,1H3. The molecule has 1 aromatic carbocycles. The van der Waals surface area contributed by atoms with Crippen LogP contribution in [0.25, 0.3) is 0 Å². The summed E-state index contributed by atoms with van der Waals surface area (Å²) in [4.78, 5) is 13.8. The van der Waals surface area contributed by atoms with Crippen molar-refractivity contribution in [2.75, 3.05) is 33.3 Å². The molecule has 1 aliphatic heterocycles. The predicted octanol–water partition coefficient (Wildman–Crippen LogP) is 3.04. The van der Waals surface area contributed by atoms with Gasteiger partial charge in [-0.15, -0.1) is 0 Å². The Labute approximate surface area is 144 Å². The van der Waals surface area contributed by atoms with Crippen LogP contribution in [0.15, 0.2) is 16.6 Å². The number of halogens is 1. The lowest BCUT2D eigenvalue weighted by Crippen LogP contribution is -2.53. The lowest BCUT2D eigenvalue weighted by Gasteiger charge is -2.43. The first-order valence-corrected chi connectivity index (χ1v) is 8.86. The van der Waals surface area contributed by atoms with Crippen molar-refractivity contribution in [3.8, 4) is 5.75 Å². The van der Waals surface area contributed by atoms with Gasteiger partial charge in [0.05, 0.1) is 27.6 Å². The summed E-state index contributed by atoms with van der Waals surface area (Å²) in [5, 5.41) is 15.0. The number of nitrogens with one attached hydrogen (secondary N) is 1. The Kier molecular flexibility index (Phi) is 4.89. The first kappa shape index (κ1) is 16.7. The maximum Gasteiger partial charge on any atom is 0.275 e. The lowest BCUT2D eigenvalue weighted by atomic mass is 9.84. The van der Waals surface area contributed by atoms with Crippen molar-refractivity contribution >= 4 is 21.6 Å². The number of nitro benzene ring substituents is 1. The Morgan fingerprint density at radius 3 is 2.52 bits per heavy atom. The first-order valence-electron chi connectivity index (χ1n) is 8.07. The third kappa shape index (κ3) is 2.97. The van der Waals surface area contributed by atoms with E-state index in [0.29, 0.717) is 10.2 Å². The summed E-state index contributed by atoms with van der Waals surface area (Å²) in [6.07, 6.45) is 4.16. The molecule has 0 radical (unpaired) electrons. The second-order valence-electron chi connectivity index (χ2n) is 6.24. The van der Waals surface area contributed by atoms with Gasteiger partial charge in [-0.2, -0.15) is 0 Å². The number of benzene rings is 1. The van der Waals surface area contributed by atoms with Crippen molar-refractivity contribution < 1.29 is 9.66 Å². The highest BCUT2D eigenvalue weighted by molar-refractivity contribution is 9.10. The Morgan fingerprint density at radius 2 is 1.96 bits per heavy atom. The topological polar surface area (TPSA) is 67.6 Å². The number of hydrogen-bond acceptors (Lipinski definition) is 5. The van der Waals surface area contributed by atoms with Gasteiger partial charge in [0, 0.05) is 32.2 Å². The molecule has 3 rings (SSSR count). The second-order valence-corrected chi connectivity index (χ2v) is 7.09. The molecule has 0 spiro atoms. The number of rotatable bonds is 4. The van der Waals surface area contributed by atoms with Gasteiger partial charge in [-0.1, -0.05) is 12.8 Å². The van der Waals surface area contributed by atoms with Crippen LogP contribution in [0.1, 0.15) is 31.2 Å². The second kappa shape index (κ2) is 6.75. The minimum atomic E-state index is -0.262. The molecule has 1 aliphatic carbocycles. The summed E-state index contributed by atoms with van der Waals surface area (Å²) >= 11 is 3.38. The van der Waals surface area contributed by atoms with Crippen LogP contribution in [-0.2, 0) is 5.54 Å². The molecule has 2 fully saturated rings. The van der Waals surface area contributed by atoms with Crippen molar-refractivity contribution in [3.05, 3.63) is 32.3 Å². The van der Waals surface area contributed by atoms with Crippen LogP contribution in [0.3, 0.4) is 0 Å². The zero-order valence-corrected chi connectivity index (χ0v) is 14.9. The predicted molar refractivity (Wildman–Crippen MR) is 91.9 cm³/mol. The van der Waals surface area contributed by atoms with Crippen molar-refractivity contribution in [1.29, 1.82) is 0 Å². The normalized spacial score (nSPS) is 21.3. The zero-order valence-electron chi connectivity index (χ0n) is 13.3. The molecule has 0 bridgehead atoms. The summed E-state index contributed by atoms with van der Waals surface area (Å²) in [5.41, 5.74) is 0.762. The van der Waals surface area contributed by atoms with Crippen molar-refractivity contribution in [2.24, 2.45) is 0 Å². The molecular weight excluding hydrogens is 362 g/mol. The molecule has 2 aliphatic rings. The monoisotopic (exact) mass is 383 g/mol. The van der Waals surface area contributed by atoms with E-state index in [1.807, 2.05) is 6.07 Å². The molecule has 0 aromatic heterocycles. The largest absolute Gasteiger partial charge is 0.496 e. The summed E-state index contributed by atoms with van der Waals surface area (Å²) in [7, 11) is 1.60. The van der Waals surface area contributed by atoms with Crippen LogP contribution in [0, 0.1) is 10.1 Å². The van der Waals surface area contributed by atoms with E-state index < -0.39 is 0 Å². The van der Waals surface area contributed by atoms with Gasteiger partial charge < -0.3 is 10.1 Å². The van der Waals surface area contributed by atoms with Crippen LogP contribution >= 0.6 is 15.9 Å². The van der Waals surface area contributed by atoms with Crippen LogP contribution in [0.2, 0.25) is 0 Å². The van der Waals surface area contributed by atoms with Crippen molar-refractivity contribution in [2.45, 2.75) is 31.2 Å². The average Bonchev–Trinajstić information content (AvgIpc) is 3.06. The molecular formula is C16H22BrN3O3. The summed E-state index contributed by atoms with van der Waals surface area (Å²) in [6.45, 7) is 3.72. The van der Waals surface area contributed by atoms with E-state index in [1.165, 1.54) is 0 Å². The molecule has 1 aromatic rings. The van der Waals surface area contributed by atoms with Crippen LogP contribution in [0.5, 0.6) is 5.75 Å². The van der Waals surface area contributed by atoms with Gasteiger partial charge in [0.15, 0.2) is 0 Å². The number of nitro groups is 1. The Bertz CT molecular complexity index is 596. The molecule has 0 amide bonds. The molecule has 1 saturated carbocycles. The third-order valence-corrected chi connectivity index (χ3v) is 5.74. The summed E-state index contributed by atoms with van der Waals surface area (Å²) in [5.74, 6) is 0.659. The van der Waals surface area contributed by atoms with Gasteiger partial charge in [-0.05, 0) is 34.8 Å². The number of nitrogens with zero attached hydrogens (tertiary/aromatic N) is 2. The van der Waals surface area contributed by atoms with Gasteiger partial charge >= 0.3 is 0 Å². The molecule has 0 unspecified atom stereocenters. The third-order valence-electron chi connectivity index (χ3n) is 5.12. The Hall–Kier alpha value is -1.18. The highest BCUT2D eigenvalue weighted by Gasteiger charge is 2.45. The number of hydrogen-bond donors (Lipinski definition) is 1. The Morgan fingerprint density at radius 1 is 1.30 bits per heavy atom. The van der Waals surface area contributed by atoms with E-state index >= 15 is 0 Å². The molecule has 1 N–H and O–H groups in total. The Balaban J connectivity index is 2.13. The zero-order chi connectivity index (χ0) is 16.4. The van der Waals surface area contributed by atoms with Gasteiger partial charge in [-0.25, -0.2) is 0 Å². The number of methoxy groups -OCH3 is 1. The molecule has 1 saturated heterocycles. The molecule has 7 heteroatoms. The maximum absolute atomic E-state index is 11.7. The maximum atomic E-state index is 11.7. The fourth-order valence-electron chi connectivity index (χ4n) is 4.03. The molecule has 23 heavy (non-hydrogen) atoms. The van der Waals surface area contributed by atoms with Crippen molar-refractivity contribution in [3.63, 3.8) is 0 Å². The van der Waals surface area contributed by atoms with Crippen LogP contribution in [0.4, 0.5) is 5.69 Å². The van der Waals surface area contributed by atoms with E-state index in [9.17, 15) is 10.1 Å². The smallest absolute Gasteiger partial charge is 0.275 e. The van der Waals surface area contributed by atoms with Crippen LogP contribution in [-0.4, -0.2) is 43.1 Å². The summed E-state index contributed by atoms with van der Waals surface area (Å²) < 4.78 is 6.04. The van der Waals surface area contributed by atoms with Crippen LogP contribution < -0.4 is 10.1 Å². The van der Waals surface area contributed by atoms with E-state index in [0.717, 1.165) is 57.4 Å². The van der Waals surface area contributed by atoms with E-state index in [1.54, 1.807) is 13.2 Å². The molecule has 1 heterocycles. The van der Waals surface area contributed by atoms with E-state index in [2.05, 4.69) is 26.1 Å². The van der Waals surface area contributed by atoms with Gasteiger partial charge in [0.25, 0.3) is 5.69 Å². The van der Waals surface area contributed by atoms with Gasteiger partial charge in [0.1, 0.15) is 5.75 Å². The SMILES string of the molecule is COc1cc(C2(N3CCNCC3)CCCC2)c([N+](=O)[O-])cc1Br. The minimum absolute atomic E-state index is 0.193. The number of ether oxygens (including phenoxy) is 1. The molecule has 126 valence electrons. The quantitative estimate of drug-likeness (QED) is 0.639. The number of piperazine rings is 1. The van der Waals surface area contributed by atoms with E-state index in [-0.39, 0.29) is 16.1 Å². The fourth-order valence-corrected chi connectivity index (χ4v) is 4.52. The highest BCUT2D eigenvalue weighted by Crippen LogP contribution is 2.49. The highest BCUT2D eigenvalue weighted by atomic mass is 79.9. The van der Waals surface area contributed by atoms with Gasteiger partial charge in [-0.3, -0.25) is 15.0 Å². The molecule has 0 atom stereocenters.